The SMILES string of the molecule is O=C(c1ccc(=O)[nH]n1)N1CCC(c2ccccc2)(c2cn3ccccc3n2)CC1. The zero-order valence-corrected chi connectivity index (χ0v) is 16.4. The average molecular weight is 399 g/mol. The van der Waals surface area contributed by atoms with E-state index >= 15 is 0 Å². The van der Waals surface area contributed by atoms with Crippen molar-refractivity contribution in [3.8, 4) is 0 Å². The van der Waals surface area contributed by atoms with Crippen molar-refractivity contribution >= 4 is 11.6 Å². The number of carbonyl (C=O) groups excluding carboxylic acids is 1. The number of nitrogens with one attached hydrogen (secondary N) is 1. The van der Waals surface area contributed by atoms with E-state index in [-0.39, 0.29) is 22.6 Å². The number of aromatic nitrogens is 4. The number of hydrogen-bond acceptors (Lipinski definition) is 4. The van der Waals surface area contributed by atoms with Gasteiger partial charge < -0.3 is 9.30 Å². The Hall–Kier alpha value is -3.74. The third-order valence-corrected chi connectivity index (χ3v) is 5.98. The molecule has 0 bridgehead atoms. The van der Waals surface area contributed by atoms with Gasteiger partial charge in [-0.1, -0.05) is 36.4 Å². The van der Waals surface area contributed by atoms with E-state index in [1.54, 1.807) is 4.90 Å². The van der Waals surface area contributed by atoms with Crippen molar-refractivity contribution in [2.24, 2.45) is 0 Å². The summed E-state index contributed by atoms with van der Waals surface area (Å²) in [5.41, 5.74) is 2.83. The van der Waals surface area contributed by atoms with Gasteiger partial charge in [-0.3, -0.25) is 9.59 Å². The summed E-state index contributed by atoms with van der Waals surface area (Å²) in [5.74, 6) is -0.164. The first-order valence-electron chi connectivity index (χ1n) is 10.0. The van der Waals surface area contributed by atoms with Crippen LogP contribution in [0.25, 0.3) is 5.65 Å². The smallest absolute Gasteiger partial charge is 0.274 e. The van der Waals surface area contributed by atoms with Gasteiger partial charge in [0.05, 0.1) is 5.69 Å². The summed E-state index contributed by atoms with van der Waals surface area (Å²) >= 11 is 0. The van der Waals surface area contributed by atoms with Crippen LogP contribution in [-0.2, 0) is 5.41 Å². The zero-order valence-electron chi connectivity index (χ0n) is 16.4. The van der Waals surface area contributed by atoms with Crippen molar-refractivity contribution in [3.63, 3.8) is 0 Å². The Labute approximate surface area is 173 Å². The molecule has 5 rings (SSSR count). The van der Waals surface area contributed by atoms with E-state index in [0.717, 1.165) is 24.2 Å². The van der Waals surface area contributed by atoms with Crippen LogP contribution in [-0.4, -0.2) is 43.5 Å². The fourth-order valence-corrected chi connectivity index (χ4v) is 4.33. The van der Waals surface area contributed by atoms with Gasteiger partial charge in [0.1, 0.15) is 11.3 Å². The van der Waals surface area contributed by atoms with E-state index < -0.39 is 0 Å². The number of likely N-dealkylation sites (tertiary alicyclic amines) is 1. The molecule has 30 heavy (non-hydrogen) atoms. The lowest BCUT2D eigenvalue weighted by Crippen LogP contribution is -2.46. The first-order valence-corrected chi connectivity index (χ1v) is 10.0. The average Bonchev–Trinajstić information content (AvgIpc) is 3.25. The van der Waals surface area contributed by atoms with Gasteiger partial charge in [-0.05, 0) is 36.6 Å². The number of H-pyrrole nitrogens is 1. The Morgan fingerprint density at radius 1 is 0.967 bits per heavy atom. The molecule has 7 nitrogen and oxygen atoms in total. The molecule has 3 aromatic heterocycles. The Bertz CT molecular complexity index is 1200. The lowest BCUT2D eigenvalue weighted by atomic mass is 9.70. The lowest BCUT2D eigenvalue weighted by molar-refractivity contribution is 0.0677. The minimum atomic E-state index is -0.319. The maximum absolute atomic E-state index is 12.9. The molecule has 0 saturated carbocycles. The fourth-order valence-electron chi connectivity index (χ4n) is 4.33. The van der Waals surface area contributed by atoms with Crippen molar-refractivity contribution in [2.45, 2.75) is 18.3 Å². The number of amides is 1. The second-order valence-corrected chi connectivity index (χ2v) is 7.64. The van der Waals surface area contributed by atoms with Crippen LogP contribution in [0.4, 0.5) is 0 Å². The third kappa shape index (κ3) is 3.08. The topological polar surface area (TPSA) is 83.4 Å². The second-order valence-electron chi connectivity index (χ2n) is 7.64. The van der Waals surface area contributed by atoms with Gasteiger partial charge in [0.25, 0.3) is 11.5 Å². The van der Waals surface area contributed by atoms with E-state index in [0.29, 0.717) is 13.1 Å². The first-order chi connectivity index (χ1) is 14.7. The highest BCUT2D eigenvalue weighted by Gasteiger charge is 2.41. The van der Waals surface area contributed by atoms with Gasteiger partial charge in [0, 0.05) is 37.0 Å². The molecule has 1 N–H and O–H groups in total. The van der Waals surface area contributed by atoms with Crippen LogP contribution in [0.2, 0.25) is 0 Å². The number of fused-ring (bicyclic) bond motifs is 1. The predicted molar refractivity (Wildman–Crippen MR) is 112 cm³/mol. The van der Waals surface area contributed by atoms with Gasteiger partial charge in [-0.15, -0.1) is 0 Å². The fraction of sp³-hybridized carbons (Fsp3) is 0.217. The molecule has 0 radical (unpaired) electrons. The number of benzene rings is 1. The molecule has 0 atom stereocenters. The van der Waals surface area contributed by atoms with Crippen LogP contribution >= 0.6 is 0 Å². The molecule has 1 fully saturated rings. The maximum Gasteiger partial charge on any atom is 0.274 e. The van der Waals surface area contributed by atoms with Crippen molar-refractivity contribution in [1.82, 2.24) is 24.5 Å². The quantitative estimate of drug-likeness (QED) is 0.574. The number of nitrogens with zero attached hydrogens (tertiary/aromatic N) is 4. The molecule has 4 aromatic rings. The summed E-state index contributed by atoms with van der Waals surface area (Å²) in [6, 6.07) is 19.2. The van der Waals surface area contributed by atoms with Gasteiger partial charge in [0.2, 0.25) is 0 Å². The largest absolute Gasteiger partial charge is 0.337 e. The lowest BCUT2D eigenvalue weighted by Gasteiger charge is -2.41. The van der Waals surface area contributed by atoms with Crippen LogP contribution in [0.3, 0.4) is 0 Å². The Balaban J connectivity index is 1.48. The van der Waals surface area contributed by atoms with Crippen LogP contribution in [0, 0.1) is 0 Å². The van der Waals surface area contributed by atoms with E-state index in [9.17, 15) is 9.59 Å². The number of piperidine rings is 1. The minimum Gasteiger partial charge on any atom is -0.337 e. The van der Waals surface area contributed by atoms with Crippen LogP contribution < -0.4 is 5.56 Å². The van der Waals surface area contributed by atoms with Gasteiger partial charge >= 0.3 is 0 Å². The molecular formula is C23H21N5O2. The van der Waals surface area contributed by atoms with Crippen molar-refractivity contribution in [1.29, 1.82) is 0 Å². The molecule has 1 aliphatic heterocycles. The molecule has 0 aliphatic carbocycles. The van der Waals surface area contributed by atoms with Crippen molar-refractivity contribution in [2.75, 3.05) is 13.1 Å². The number of carbonyl (C=O) groups is 1. The number of imidazole rings is 1. The Kier molecular flexibility index (Phi) is 4.43. The summed E-state index contributed by atoms with van der Waals surface area (Å²) in [4.78, 5) is 30.8. The summed E-state index contributed by atoms with van der Waals surface area (Å²) in [6.45, 7) is 1.17. The van der Waals surface area contributed by atoms with Crippen LogP contribution in [0.5, 0.6) is 0 Å². The molecule has 1 aliphatic rings. The molecule has 0 unspecified atom stereocenters. The molecule has 150 valence electrons. The zero-order chi connectivity index (χ0) is 20.6. The standard InChI is InChI=1S/C23H21N5O2/c29-21-10-9-18(25-26-21)22(30)27-14-11-23(12-15-27,17-6-2-1-3-7-17)19-16-28-13-5-4-8-20(28)24-19/h1-10,13,16H,11-12,14-15H2,(H,26,29). The van der Waals surface area contributed by atoms with E-state index in [1.807, 2.05) is 34.9 Å². The molecular weight excluding hydrogens is 378 g/mol. The molecule has 1 saturated heterocycles. The summed E-state index contributed by atoms with van der Waals surface area (Å²) in [7, 11) is 0. The van der Waals surface area contributed by atoms with Gasteiger partial charge in [0.15, 0.2) is 0 Å². The second kappa shape index (κ2) is 7.26. The highest BCUT2D eigenvalue weighted by Crippen LogP contribution is 2.41. The molecule has 4 heterocycles. The monoisotopic (exact) mass is 399 g/mol. The normalized spacial score (nSPS) is 15.9. The summed E-state index contributed by atoms with van der Waals surface area (Å²) < 4.78 is 2.04. The first kappa shape index (κ1) is 18.3. The van der Waals surface area contributed by atoms with Crippen molar-refractivity contribution < 1.29 is 4.79 Å². The molecule has 1 amide bonds. The summed E-state index contributed by atoms with van der Waals surface area (Å²) in [5, 5.41) is 6.23. The van der Waals surface area contributed by atoms with Gasteiger partial charge in [-0.25, -0.2) is 10.1 Å². The highest BCUT2D eigenvalue weighted by atomic mass is 16.2. The molecule has 1 aromatic carbocycles. The number of hydrogen-bond donors (Lipinski definition) is 1. The van der Waals surface area contributed by atoms with Crippen LogP contribution in [0.15, 0.2) is 77.9 Å². The number of rotatable bonds is 3. The van der Waals surface area contributed by atoms with Crippen LogP contribution in [0.1, 0.15) is 34.6 Å². The maximum atomic E-state index is 12.9. The minimum absolute atomic E-state index is 0.164. The number of aromatic amines is 1. The number of pyridine rings is 1. The predicted octanol–water partition coefficient (Wildman–Crippen LogP) is 2.64. The molecule has 0 spiro atoms. The van der Waals surface area contributed by atoms with E-state index in [4.69, 9.17) is 4.98 Å². The highest BCUT2D eigenvalue weighted by molar-refractivity contribution is 5.92. The third-order valence-electron chi connectivity index (χ3n) is 5.98. The Morgan fingerprint density at radius 2 is 1.73 bits per heavy atom. The Morgan fingerprint density at radius 3 is 2.43 bits per heavy atom. The van der Waals surface area contributed by atoms with E-state index in [1.165, 1.54) is 17.7 Å². The van der Waals surface area contributed by atoms with E-state index in [2.05, 4.69) is 40.7 Å². The molecule has 7 heteroatoms. The van der Waals surface area contributed by atoms with Gasteiger partial charge in [-0.2, -0.15) is 5.10 Å². The van der Waals surface area contributed by atoms with Crippen molar-refractivity contribution in [3.05, 3.63) is 100 Å². The summed E-state index contributed by atoms with van der Waals surface area (Å²) in [6.07, 6.45) is 5.63.